The minimum atomic E-state index is -4.52. The van der Waals surface area contributed by atoms with Crippen LogP contribution in [0.3, 0.4) is 0 Å². The highest BCUT2D eigenvalue weighted by atomic mass is 35.5. The molecule has 0 radical (unpaired) electrons. The molecule has 2 rings (SSSR count). The molecule has 1 aliphatic heterocycles. The van der Waals surface area contributed by atoms with Crippen molar-refractivity contribution in [1.82, 2.24) is 5.32 Å². The van der Waals surface area contributed by atoms with Gasteiger partial charge in [0.2, 0.25) is 0 Å². The van der Waals surface area contributed by atoms with Gasteiger partial charge in [0.05, 0.1) is 5.02 Å². The smallest absolute Gasteiger partial charge is 0.421 e. The minimum Gasteiger partial charge on any atom is -0.489 e. The van der Waals surface area contributed by atoms with E-state index in [0.717, 1.165) is 25.9 Å². The third kappa shape index (κ3) is 4.29. The Kier molecular flexibility index (Phi) is 5.61. The maximum atomic E-state index is 13.2. The molecule has 0 bridgehead atoms. The number of nitrogens with one attached hydrogen (secondary N) is 1. The quantitative estimate of drug-likeness (QED) is 0.837. The van der Waals surface area contributed by atoms with E-state index in [2.05, 4.69) is 5.32 Å². The van der Waals surface area contributed by atoms with E-state index in [0.29, 0.717) is 5.92 Å². The maximum absolute atomic E-state index is 13.2. The van der Waals surface area contributed by atoms with Gasteiger partial charge in [-0.15, -0.1) is 0 Å². The summed E-state index contributed by atoms with van der Waals surface area (Å²) in [6.07, 6.45) is -3.13. The summed E-state index contributed by atoms with van der Waals surface area (Å²) in [5.74, 6) is 0.402. The molecule has 1 aliphatic rings. The summed E-state index contributed by atoms with van der Waals surface area (Å²) < 4.78 is 45.5. The predicted molar refractivity (Wildman–Crippen MR) is 81.3 cm³/mol. The van der Waals surface area contributed by atoms with Crippen LogP contribution in [0.1, 0.15) is 32.3 Å². The first-order valence-electron chi connectivity index (χ1n) is 7.52. The Hall–Kier alpha value is -0.940. The summed E-state index contributed by atoms with van der Waals surface area (Å²) in [6.45, 7) is 5.74. The van der Waals surface area contributed by atoms with E-state index in [1.54, 1.807) is 0 Å². The Labute approximate surface area is 134 Å². The highest BCUT2D eigenvalue weighted by Crippen LogP contribution is 2.42. The molecule has 1 aromatic carbocycles. The predicted octanol–water partition coefficient (Wildman–Crippen LogP) is 4.76. The molecule has 1 N–H and O–H groups in total. The zero-order valence-electron chi connectivity index (χ0n) is 12.7. The Morgan fingerprint density at radius 2 is 2.09 bits per heavy atom. The van der Waals surface area contributed by atoms with Crippen molar-refractivity contribution < 1.29 is 17.9 Å². The molecule has 2 atom stereocenters. The first-order chi connectivity index (χ1) is 10.3. The van der Waals surface area contributed by atoms with Crippen LogP contribution in [-0.4, -0.2) is 19.2 Å². The van der Waals surface area contributed by atoms with Crippen LogP contribution < -0.4 is 10.1 Å². The Bertz CT molecular complexity index is 499. The Balaban J connectivity index is 2.27. The fourth-order valence-electron chi connectivity index (χ4n) is 2.84. The summed E-state index contributed by atoms with van der Waals surface area (Å²) in [5.41, 5.74) is -0.878. The van der Waals surface area contributed by atoms with Crippen molar-refractivity contribution in [3.05, 3.63) is 28.8 Å². The summed E-state index contributed by atoms with van der Waals surface area (Å²) in [6, 6.07) is 4.09. The average molecular weight is 336 g/mol. The first-order valence-corrected chi connectivity index (χ1v) is 7.90. The fraction of sp³-hybridized carbons (Fsp3) is 0.625. The van der Waals surface area contributed by atoms with Crippen molar-refractivity contribution >= 4 is 11.6 Å². The van der Waals surface area contributed by atoms with Crippen molar-refractivity contribution in [3.63, 3.8) is 0 Å². The lowest BCUT2D eigenvalue weighted by molar-refractivity contribution is -0.139. The van der Waals surface area contributed by atoms with Gasteiger partial charge >= 0.3 is 6.18 Å². The lowest BCUT2D eigenvalue weighted by atomic mass is 9.93. The van der Waals surface area contributed by atoms with Gasteiger partial charge in [0, 0.05) is 12.5 Å². The van der Waals surface area contributed by atoms with Crippen molar-refractivity contribution in [2.75, 3.05) is 13.1 Å². The fourth-order valence-corrected chi connectivity index (χ4v) is 3.11. The second kappa shape index (κ2) is 7.09. The zero-order chi connectivity index (χ0) is 16.3. The molecule has 1 saturated heterocycles. The zero-order valence-corrected chi connectivity index (χ0v) is 13.5. The van der Waals surface area contributed by atoms with Gasteiger partial charge in [-0.1, -0.05) is 31.5 Å². The standard InChI is InChI=1S/C16H21ClF3NO/c1-10(2)8-14(11-6-7-21-9-11)22-13-5-3-4-12(17)15(13)16(18,19)20/h3-5,10-11,14,21H,6-9H2,1-2H3/t11?,14-/m1/s1. The highest BCUT2D eigenvalue weighted by molar-refractivity contribution is 6.31. The van der Waals surface area contributed by atoms with E-state index in [9.17, 15) is 13.2 Å². The SMILES string of the molecule is CC(C)C[C@@H](Oc1cccc(Cl)c1C(F)(F)F)C1CCNC1. The van der Waals surface area contributed by atoms with Gasteiger partial charge in [0.15, 0.2) is 0 Å². The number of hydrogen-bond donors (Lipinski definition) is 1. The molecule has 2 nitrogen and oxygen atoms in total. The van der Waals surface area contributed by atoms with E-state index in [4.69, 9.17) is 16.3 Å². The van der Waals surface area contributed by atoms with Gasteiger partial charge in [-0.3, -0.25) is 0 Å². The molecule has 0 amide bonds. The number of benzene rings is 1. The van der Waals surface area contributed by atoms with Crippen LogP contribution in [0.5, 0.6) is 5.75 Å². The highest BCUT2D eigenvalue weighted by Gasteiger charge is 2.38. The molecule has 1 heterocycles. The molecule has 0 spiro atoms. The van der Waals surface area contributed by atoms with E-state index < -0.39 is 11.7 Å². The second-order valence-corrected chi connectivity index (χ2v) is 6.56. The lowest BCUT2D eigenvalue weighted by Gasteiger charge is -2.27. The van der Waals surface area contributed by atoms with E-state index in [1.165, 1.54) is 18.2 Å². The molecule has 1 fully saturated rings. The third-order valence-electron chi connectivity index (χ3n) is 3.87. The van der Waals surface area contributed by atoms with Gasteiger partial charge < -0.3 is 10.1 Å². The van der Waals surface area contributed by atoms with Gasteiger partial charge in [-0.25, -0.2) is 0 Å². The van der Waals surface area contributed by atoms with Crippen molar-refractivity contribution in [3.8, 4) is 5.75 Å². The normalized spacial score (nSPS) is 20.4. The number of hydrogen-bond acceptors (Lipinski definition) is 2. The molecule has 0 aliphatic carbocycles. The van der Waals surface area contributed by atoms with E-state index in [-0.39, 0.29) is 22.8 Å². The molecule has 0 aromatic heterocycles. The third-order valence-corrected chi connectivity index (χ3v) is 4.18. The number of halogens is 4. The van der Waals surface area contributed by atoms with Crippen LogP contribution in [0.2, 0.25) is 5.02 Å². The summed E-state index contributed by atoms with van der Waals surface area (Å²) >= 11 is 5.75. The minimum absolute atomic E-state index is 0.169. The van der Waals surface area contributed by atoms with Crippen LogP contribution >= 0.6 is 11.6 Å². The molecule has 1 unspecified atom stereocenters. The van der Waals surface area contributed by atoms with Gasteiger partial charge in [-0.2, -0.15) is 13.2 Å². The molecule has 22 heavy (non-hydrogen) atoms. The Morgan fingerprint density at radius 1 is 1.36 bits per heavy atom. The van der Waals surface area contributed by atoms with E-state index >= 15 is 0 Å². The van der Waals surface area contributed by atoms with Crippen LogP contribution in [0.4, 0.5) is 13.2 Å². The maximum Gasteiger partial charge on any atom is 0.421 e. The molecular formula is C16H21ClF3NO. The second-order valence-electron chi connectivity index (χ2n) is 6.15. The molecule has 6 heteroatoms. The van der Waals surface area contributed by atoms with Crippen LogP contribution in [0.25, 0.3) is 0 Å². The topological polar surface area (TPSA) is 21.3 Å². The van der Waals surface area contributed by atoms with Crippen molar-refractivity contribution in [2.24, 2.45) is 11.8 Å². The molecular weight excluding hydrogens is 315 g/mol. The monoisotopic (exact) mass is 335 g/mol. The Morgan fingerprint density at radius 3 is 2.64 bits per heavy atom. The molecule has 1 aromatic rings. The number of rotatable bonds is 5. The lowest BCUT2D eigenvalue weighted by Crippen LogP contribution is -2.31. The first kappa shape index (κ1) is 17.4. The summed E-state index contributed by atoms with van der Waals surface area (Å²) in [4.78, 5) is 0. The number of ether oxygens (including phenoxy) is 1. The van der Waals surface area contributed by atoms with Gasteiger partial charge in [0.1, 0.15) is 17.4 Å². The molecule has 0 saturated carbocycles. The largest absolute Gasteiger partial charge is 0.489 e. The van der Waals surface area contributed by atoms with Crippen LogP contribution in [0.15, 0.2) is 18.2 Å². The van der Waals surface area contributed by atoms with Crippen LogP contribution in [-0.2, 0) is 6.18 Å². The summed E-state index contributed by atoms with van der Waals surface area (Å²) in [5, 5.41) is 2.92. The molecule has 124 valence electrons. The van der Waals surface area contributed by atoms with Crippen LogP contribution in [0, 0.1) is 11.8 Å². The number of alkyl halides is 3. The van der Waals surface area contributed by atoms with Gasteiger partial charge in [0.25, 0.3) is 0 Å². The average Bonchev–Trinajstić information content (AvgIpc) is 2.89. The summed E-state index contributed by atoms with van der Waals surface area (Å²) in [7, 11) is 0. The van der Waals surface area contributed by atoms with Crippen molar-refractivity contribution in [2.45, 2.75) is 39.0 Å². The van der Waals surface area contributed by atoms with E-state index in [1.807, 2.05) is 13.8 Å². The van der Waals surface area contributed by atoms with Gasteiger partial charge in [-0.05, 0) is 37.4 Å². The van der Waals surface area contributed by atoms with Crippen molar-refractivity contribution in [1.29, 1.82) is 0 Å².